The molecule has 3 aromatic carbocycles. The van der Waals surface area contributed by atoms with E-state index in [0.717, 1.165) is 24.3 Å². The van der Waals surface area contributed by atoms with Crippen molar-refractivity contribution in [2.75, 3.05) is 11.4 Å². The number of aromatic nitrogens is 1. The molecule has 1 aliphatic heterocycles. The van der Waals surface area contributed by atoms with Crippen LogP contribution in [0.1, 0.15) is 39.5 Å². The standard InChI is InChI=1S/C31H22Cl2F3N3O3/c32-25-11-18-12-29(41)39(28(18)14-26(25)33)15-22(40)9-19(6-16-7-20(34)13-21(35)8-16)30-23(2-1-5-38-30)17-3-4-27(36)24(10-17)31(37)42/h1-5,7-8,10-11,13-14,19H,6,9,12,15H2,(H2,37,42)/t19-/m1/s1. The maximum absolute atomic E-state index is 14.2. The monoisotopic (exact) mass is 611 g/mol. The van der Waals surface area contributed by atoms with Gasteiger partial charge in [0.25, 0.3) is 5.91 Å². The maximum atomic E-state index is 14.2. The van der Waals surface area contributed by atoms with Crippen LogP contribution in [0.15, 0.2) is 66.9 Å². The third-order valence-electron chi connectivity index (χ3n) is 7.04. The Morgan fingerprint density at radius 1 is 0.976 bits per heavy atom. The number of amides is 2. The molecule has 5 rings (SSSR count). The van der Waals surface area contributed by atoms with Crippen LogP contribution in [-0.2, 0) is 22.4 Å². The van der Waals surface area contributed by atoms with Gasteiger partial charge in [-0.15, -0.1) is 0 Å². The van der Waals surface area contributed by atoms with Crippen molar-refractivity contribution >= 4 is 46.5 Å². The molecule has 1 atom stereocenters. The predicted molar refractivity (Wildman–Crippen MR) is 153 cm³/mol. The number of carbonyl (C=O) groups excluding carboxylic acids is 3. The zero-order valence-electron chi connectivity index (χ0n) is 21.8. The van der Waals surface area contributed by atoms with Gasteiger partial charge in [-0.1, -0.05) is 35.3 Å². The van der Waals surface area contributed by atoms with E-state index in [1.807, 2.05) is 0 Å². The summed E-state index contributed by atoms with van der Waals surface area (Å²) in [4.78, 5) is 43.9. The van der Waals surface area contributed by atoms with Gasteiger partial charge >= 0.3 is 0 Å². The zero-order chi connectivity index (χ0) is 30.1. The van der Waals surface area contributed by atoms with Crippen molar-refractivity contribution in [3.8, 4) is 11.1 Å². The van der Waals surface area contributed by atoms with Gasteiger partial charge in [-0.3, -0.25) is 19.4 Å². The number of Topliss-reactive ketones (excluding diaryl/α,β-unsaturated/α-hetero) is 1. The SMILES string of the molecule is NC(=O)c1cc(-c2cccnc2[C@@H](CC(=O)CN2C(=O)Cc3cc(Cl)c(Cl)cc32)Cc2cc(F)cc(F)c2)ccc1F. The molecule has 2 heterocycles. The van der Waals surface area contributed by atoms with E-state index in [-0.39, 0.29) is 53.6 Å². The van der Waals surface area contributed by atoms with E-state index in [1.165, 1.54) is 29.3 Å². The summed E-state index contributed by atoms with van der Waals surface area (Å²) < 4.78 is 42.4. The number of nitrogens with two attached hydrogens (primary N) is 1. The molecule has 0 saturated carbocycles. The fraction of sp³-hybridized carbons (Fsp3) is 0.161. The number of hydrogen-bond acceptors (Lipinski definition) is 4. The molecule has 42 heavy (non-hydrogen) atoms. The highest BCUT2D eigenvalue weighted by atomic mass is 35.5. The first-order valence-electron chi connectivity index (χ1n) is 12.8. The van der Waals surface area contributed by atoms with Crippen LogP contribution in [0.3, 0.4) is 0 Å². The van der Waals surface area contributed by atoms with Gasteiger partial charge in [-0.2, -0.15) is 0 Å². The number of benzene rings is 3. The Morgan fingerprint density at radius 2 is 1.69 bits per heavy atom. The van der Waals surface area contributed by atoms with Crippen LogP contribution in [0.5, 0.6) is 0 Å². The van der Waals surface area contributed by atoms with Crippen LogP contribution < -0.4 is 10.6 Å². The highest BCUT2D eigenvalue weighted by Gasteiger charge is 2.31. The van der Waals surface area contributed by atoms with Crippen molar-refractivity contribution in [3.05, 3.63) is 117 Å². The van der Waals surface area contributed by atoms with Crippen molar-refractivity contribution in [1.82, 2.24) is 4.98 Å². The summed E-state index contributed by atoms with van der Waals surface area (Å²) in [7, 11) is 0. The van der Waals surface area contributed by atoms with E-state index < -0.39 is 29.3 Å². The number of fused-ring (bicyclic) bond motifs is 1. The van der Waals surface area contributed by atoms with Crippen LogP contribution in [0.4, 0.5) is 18.9 Å². The van der Waals surface area contributed by atoms with Crippen LogP contribution in [0.25, 0.3) is 11.1 Å². The largest absolute Gasteiger partial charge is 0.366 e. The van der Waals surface area contributed by atoms with Crippen LogP contribution in [0, 0.1) is 17.5 Å². The minimum absolute atomic E-state index is 0.0142. The van der Waals surface area contributed by atoms with Crippen molar-refractivity contribution in [2.24, 2.45) is 5.73 Å². The summed E-state index contributed by atoms with van der Waals surface area (Å²) in [5.41, 5.74) is 7.67. The summed E-state index contributed by atoms with van der Waals surface area (Å²) in [6, 6.07) is 13.3. The third-order valence-corrected chi connectivity index (χ3v) is 7.76. The number of rotatable bonds is 9. The molecule has 0 fully saturated rings. The molecular weight excluding hydrogens is 590 g/mol. The second-order valence-corrected chi connectivity index (χ2v) is 10.8. The zero-order valence-corrected chi connectivity index (χ0v) is 23.4. The van der Waals surface area contributed by atoms with E-state index in [4.69, 9.17) is 28.9 Å². The Labute approximate surface area is 248 Å². The fourth-order valence-electron chi connectivity index (χ4n) is 5.20. The van der Waals surface area contributed by atoms with Gasteiger partial charge in [0.15, 0.2) is 5.78 Å². The first-order valence-corrected chi connectivity index (χ1v) is 13.6. The summed E-state index contributed by atoms with van der Waals surface area (Å²) >= 11 is 12.3. The van der Waals surface area contributed by atoms with Gasteiger partial charge < -0.3 is 10.6 Å². The van der Waals surface area contributed by atoms with E-state index >= 15 is 0 Å². The van der Waals surface area contributed by atoms with Gasteiger partial charge in [-0.05, 0) is 65.6 Å². The maximum Gasteiger partial charge on any atom is 0.251 e. The summed E-state index contributed by atoms with van der Waals surface area (Å²) in [5.74, 6) is -4.69. The Hall–Kier alpha value is -4.21. The number of carbonyl (C=O) groups is 3. The Morgan fingerprint density at radius 3 is 2.40 bits per heavy atom. The van der Waals surface area contributed by atoms with Gasteiger partial charge in [0.1, 0.15) is 17.5 Å². The predicted octanol–water partition coefficient (Wildman–Crippen LogP) is 6.45. The normalized spacial score (nSPS) is 13.3. The minimum atomic E-state index is -0.960. The average molecular weight is 612 g/mol. The van der Waals surface area contributed by atoms with Crippen LogP contribution in [-0.4, -0.2) is 29.1 Å². The number of nitrogens with zero attached hydrogens (tertiary/aromatic N) is 2. The molecule has 11 heteroatoms. The molecule has 4 aromatic rings. The molecule has 0 saturated heterocycles. The van der Waals surface area contributed by atoms with Crippen molar-refractivity contribution in [3.63, 3.8) is 0 Å². The third kappa shape index (κ3) is 6.17. The summed E-state index contributed by atoms with van der Waals surface area (Å²) in [6.45, 7) is -0.275. The number of ketones is 1. The topological polar surface area (TPSA) is 93.4 Å². The Bertz CT molecular complexity index is 1730. The van der Waals surface area contributed by atoms with E-state index in [1.54, 1.807) is 18.2 Å². The Balaban J connectivity index is 1.51. The summed E-state index contributed by atoms with van der Waals surface area (Å²) in [6.07, 6.45) is 1.41. The lowest BCUT2D eigenvalue weighted by Crippen LogP contribution is -2.33. The second kappa shape index (κ2) is 12.0. The van der Waals surface area contributed by atoms with Crippen LogP contribution in [0.2, 0.25) is 10.0 Å². The van der Waals surface area contributed by atoms with E-state index in [2.05, 4.69) is 4.98 Å². The molecule has 2 N–H and O–H groups in total. The molecule has 0 aliphatic carbocycles. The molecule has 0 radical (unpaired) electrons. The fourth-order valence-corrected chi connectivity index (χ4v) is 5.54. The molecule has 1 aromatic heterocycles. The smallest absolute Gasteiger partial charge is 0.251 e. The van der Waals surface area contributed by atoms with Crippen molar-refractivity contribution in [2.45, 2.75) is 25.2 Å². The van der Waals surface area contributed by atoms with Gasteiger partial charge in [0.05, 0.1) is 34.3 Å². The van der Waals surface area contributed by atoms with Gasteiger partial charge in [0.2, 0.25) is 5.91 Å². The molecule has 0 spiro atoms. The van der Waals surface area contributed by atoms with Gasteiger partial charge in [0, 0.05) is 35.9 Å². The lowest BCUT2D eigenvalue weighted by Gasteiger charge is -2.22. The first-order chi connectivity index (χ1) is 20.0. The number of pyridine rings is 1. The molecule has 0 bridgehead atoms. The molecule has 214 valence electrons. The molecule has 0 unspecified atom stereocenters. The van der Waals surface area contributed by atoms with Crippen LogP contribution >= 0.6 is 23.2 Å². The second-order valence-electron chi connectivity index (χ2n) is 9.97. The van der Waals surface area contributed by atoms with Gasteiger partial charge in [-0.25, -0.2) is 13.2 Å². The number of anilines is 1. The van der Waals surface area contributed by atoms with E-state index in [0.29, 0.717) is 33.1 Å². The molecule has 6 nitrogen and oxygen atoms in total. The first kappa shape index (κ1) is 29.3. The summed E-state index contributed by atoms with van der Waals surface area (Å²) in [5, 5.41) is 0.531. The van der Waals surface area contributed by atoms with Crippen molar-refractivity contribution in [1.29, 1.82) is 0 Å². The highest BCUT2D eigenvalue weighted by molar-refractivity contribution is 6.42. The minimum Gasteiger partial charge on any atom is -0.366 e. The molecular formula is C31H22Cl2F3N3O3. The quantitative estimate of drug-likeness (QED) is 0.235. The average Bonchev–Trinajstić information content (AvgIpc) is 3.21. The molecule has 2 amide bonds. The number of primary amides is 1. The number of hydrogen-bond donors (Lipinski definition) is 1. The highest BCUT2D eigenvalue weighted by Crippen LogP contribution is 2.37. The van der Waals surface area contributed by atoms with Crippen molar-refractivity contribution < 1.29 is 27.6 Å². The van der Waals surface area contributed by atoms with E-state index in [9.17, 15) is 27.6 Å². The lowest BCUT2D eigenvalue weighted by atomic mass is 9.86. The number of halogens is 5. The Kier molecular flexibility index (Phi) is 8.34. The lowest BCUT2D eigenvalue weighted by molar-refractivity contribution is -0.122. The molecule has 1 aliphatic rings.